The highest BCUT2D eigenvalue weighted by Gasteiger charge is 2.17. The van der Waals surface area contributed by atoms with Crippen molar-refractivity contribution in [1.82, 2.24) is 15.3 Å². The van der Waals surface area contributed by atoms with Crippen molar-refractivity contribution in [3.05, 3.63) is 60.3 Å². The molecule has 0 amide bonds. The summed E-state index contributed by atoms with van der Waals surface area (Å²) in [4.78, 5) is 22.6. The number of hydrogen-bond donors (Lipinski definition) is 4. The van der Waals surface area contributed by atoms with Gasteiger partial charge in [0.05, 0.1) is 25.5 Å². The van der Waals surface area contributed by atoms with Crippen molar-refractivity contribution in [1.29, 1.82) is 0 Å². The number of anilines is 3. The number of nitrogens with two attached hydrogens (primary N) is 1. The number of rotatable bonds is 12. The monoisotopic (exact) mass is 540 g/mol. The number of morpholine rings is 1. The SMILES string of the molecule is CC(NCc1cc(Nc2nccc(-c3ccc(OCCCN)cc3)n2)ccc1N1CCOCC1)C(=O)O.S. The molecule has 204 valence electrons. The van der Waals surface area contributed by atoms with Crippen molar-refractivity contribution >= 4 is 36.8 Å². The predicted molar refractivity (Wildman–Crippen MR) is 154 cm³/mol. The average molecular weight is 541 g/mol. The van der Waals surface area contributed by atoms with Gasteiger partial charge in [-0.2, -0.15) is 13.5 Å². The number of aromatic nitrogens is 2. The van der Waals surface area contributed by atoms with E-state index in [1.807, 2.05) is 48.5 Å². The third-order valence-electron chi connectivity index (χ3n) is 6.08. The lowest BCUT2D eigenvalue weighted by molar-refractivity contribution is -0.139. The van der Waals surface area contributed by atoms with E-state index in [1.54, 1.807) is 13.1 Å². The molecule has 38 heavy (non-hydrogen) atoms. The maximum absolute atomic E-state index is 11.3. The van der Waals surface area contributed by atoms with Crippen LogP contribution in [0.3, 0.4) is 0 Å². The molecule has 0 radical (unpaired) electrons. The van der Waals surface area contributed by atoms with Crippen LogP contribution in [0.15, 0.2) is 54.7 Å². The van der Waals surface area contributed by atoms with Crippen LogP contribution in [0, 0.1) is 0 Å². The van der Waals surface area contributed by atoms with Gasteiger partial charge in [-0.05, 0) is 74.0 Å². The fourth-order valence-electron chi connectivity index (χ4n) is 3.97. The van der Waals surface area contributed by atoms with Crippen LogP contribution in [0.4, 0.5) is 17.3 Å². The lowest BCUT2D eigenvalue weighted by atomic mass is 10.1. The number of carbonyl (C=O) groups is 1. The first-order valence-corrected chi connectivity index (χ1v) is 12.5. The first kappa shape index (κ1) is 29.2. The summed E-state index contributed by atoms with van der Waals surface area (Å²) >= 11 is 0. The van der Waals surface area contributed by atoms with Crippen molar-refractivity contribution in [3.63, 3.8) is 0 Å². The normalized spacial score (nSPS) is 13.9. The van der Waals surface area contributed by atoms with Gasteiger partial charge in [-0.15, -0.1) is 0 Å². The fraction of sp³-hybridized carbons (Fsp3) is 0.370. The van der Waals surface area contributed by atoms with E-state index >= 15 is 0 Å². The molecule has 2 heterocycles. The molecule has 1 aliphatic heterocycles. The number of benzene rings is 2. The number of carboxylic acid groups (broad SMARTS) is 1. The fourth-order valence-corrected chi connectivity index (χ4v) is 3.97. The summed E-state index contributed by atoms with van der Waals surface area (Å²) in [6.07, 6.45) is 2.53. The van der Waals surface area contributed by atoms with Gasteiger partial charge in [-0.3, -0.25) is 4.79 Å². The number of aliphatic carboxylic acids is 1. The molecule has 1 aromatic heterocycles. The lowest BCUT2D eigenvalue weighted by Gasteiger charge is -2.31. The molecule has 1 fully saturated rings. The third-order valence-corrected chi connectivity index (χ3v) is 6.08. The standard InChI is InChI=1S/C27H34N6O4.H2S/c1-19(26(34)35)30-18-21-17-22(5-8-25(21)33-12-15-36-16-13-33)31-27-29-11-9-24(32-27)20-3-6-23(7-4-20)37-14-2-10-28;/h3-9,11,17,19,30H,2,10,12-16,18,28H2,1H3,(H,34,35)(H,29,31,32);1H2. The zero-order valence-corrected chi connectivity index (χ0v) is 22.5. The van der Waals surface area contributed by atoms with E-state index in [1.165, 1.54) is 0 Å². The summed E-state index contributed by atoms with van der Waals surface area (Å²) in [6.45, 7) is 6.15. The van der Waals surface area contributed by atoms with Gasteiger partial charge in [0.15, 0.2) is 0 Å². The Bertz CT molecular complexity index is 1170. The largest absolute Gasteiger partial charge is 0.494 e. The second-order valence-electron chi connectivity index (χ2n) is 8.79. The molecule has 0 bridgehead atoms. The Morgan fingerprint density at radius 2 is 1.95 bits per heavy atom. The summed E-state index contributed by atoms with van der Waals surface area (Å²) in [5, 5.41) is 15.7. The van der Waals surface area contributed by atoms with Crippen molar-refractivity contribution < 1.29 is 19.4 Å². The zero-order chi connectivity index (χ0) is 26.0. The van der Waals surface area contributed by atoms with Crippen LogP contribution in [0.25, 0.3) is 11.3 Å². The molecular formula is C27H36N6O4S. The molecule has 0 saturated carbocycles. The second-order valence-corrected chi connectivity index (χ2v) is 8.79. The molecule has 1 aliphatic rings. The number of carboxylic acids is 1. The van der Waals surface area contributed by atoms with E-state index < -0.39 is 12.0 Å². The Morgan fingerprint density at radius 1 is 1.18 bits per heavy atom. The van der Waals surface area contributed by atoms with Crippen LogP contribution in [0.1, 0.15) is 18.9 Å². The Balaban J connectivity index is 0.00000400. The Morgan fingerprint density at radius 3 is 2.66 bits per heavy atom. The van der Waals surface area contributed by atoms with E-state index in [-0.39, 0.29) is 13.5 Å². The van der Waals surface area contributed by atoms with E-state index in [0.29, 0.717) is 38.9 Å². The molecule has 2 aromatic carbocycles. The highest BCUT2D eigenvalue weighted by Crippen LogP contribution is 2.27. The minimum absolute atomic E-state index is 0. The first-order chi connectivity index (χ1) is 18.0. The molecule has 4 rings (SSSR count). The molecule has 3 aromatic rings. The van der Waals surface area contributed by atoms with E-state index in [0.717, 1.165) is 53.5 Å². The van der Waals surface area contributed by atoms with Gasteiger partial charge in [0.1, 0.15) is 11.8 Å². The molecule has 0 spiro atoms. The molecule has 11 heteroatoms. The third kappa shape index (κ3) is 8.06. The summed E-state index contributed by atoms with van der Waals surface area (Å²) in [5.41, 5.74) is 10.1. The molecule has 1 saturated heterocycles. The van der Waals surface area contributed by atoms with Gasteiger partial charge >= 0.3 is 5.97 Å². The Kier molecular flexibility index (Phi) is 11.2. The van der Waals surface area contributed by atoms with Gasteiger partial charge < -0.3 is 35.8 Å². The molecule has 10 nitrogen and oxygen atoms in total. The number of hydrogen-bond acceptors (Lipinski definition) is 9. The second kappa shape index (κ2) is 14.5. The maximum atomic E-state index is 11.3. The Labute approximate surface area is 230 Å². The van der Waals surface area contributed by atoms with Crippen LogP contribution in [0.2, 0.25) is 0 Å². The van der Waals surface area contributed by atoms with Gasteiger partial charge in [0, 0.05) is 42.8 Å². The minimum Gasteiger partial charge on any atom is -0.494 e. The van der Waals surface area contributed by atoms with Crippen LogP contribution in [0.5, 0.6) is 5.75 Å². The number of nitrogens with zero attached hydrogens (tertiary/aromatic N) is 3. The summed E-state index contributed by atoms with van der Waals surface area (Å²) in [6, 6.07) is 15.0. The van der Waals surface area contributed by atoms with Crippen LogP contribution >= 0.6 is 13.5 Å². The predicted octanol–water partition coefficient (Wildman–Crippen LogP) is 3.13. The molecule has 0 aliphatic carbocycles. The van der Waals surface area contributed by atoms with Crippen molar-refractivity contribution in [2.45, 2.75) is 25.9 Å². The van der Waals surface area contributed by atoms with Gasteiger partial charge in [0.25, 0.3) is 0 Å². The van der Waals surface area contributed by atoms with Gasteiger partial charge in [-0.25, -0.2) is 9.97 Å². The first-order valence-electron chi connectivity index (χ1n) is 12.5. The van der Waals surface area contributed by atoms with Crippen LogP contribution in [-0.2, 0) is 16.1 Å². The number of ether oxygens (including phenoxy) is 2. The topological polar surface area (TPSA) is 135 Å². The van der Waals surface area contributed by atoms with E-state index in [2.05, 4.69) is 25.5 Å². The van der Waals surface area contributed by atoms with E-state index in [9.17, 15) is 9.90 Å². The number of nitrogens with one attached hydrogen (secondary N) is 2. The van der Waals surface area contributed by atoms with Gasteiger partial charge in [-0.1, -0.05) is 0 Å². The van der Waals surface area contributed by atoms with Crippen LogP contribution in [-0.4, -0.2) is 66.5 Å². The summed E-state index contributed by atoms with van der Waals surface area (Å²) in [7, 11) is 0. The lowest BCUT2D eigenvalue weighted by Crippen LogP contribution is -2.38. The Hall–Kier alpha value is -3.38. The van der Waals surface area contributed by atoms with Crippen molar-refractivity contribution in [2.75, 3.05) is 49.7 Å². The average Bonchev–Trinajstić information content (AvgIpc) is 2.93. The smallest absolute Gasteiger partial charge is 0.320 e. The van der Waals surface area contributed by atoms with Crippen molar-refractivity contribution in [3.8, 4) is 17.0 Å². The minimum atomic E-state index is -0.887. The maximum Gasteiger partial charge on any atom is 0.320 e. The highest BCUT2D eigenvalue weighted by atomic mass is 32.1. The summed E-state index contributed by atoms with van der Waals surface area (Å²) < 4.78 is 11.2. The van der Waals surface area contributed by atoms with E-state index in [4.69, 9.17) is 15.2 Å². The summed E-state index contributed by atoms with van der Waals surface area (Å²) in [5.74, 6) is 0.378. The quantitative estimate of drug-likeness (QED) is 0.254. The molecule has 1 atom stereocenters. The van der Waals surface area contributed by atoms with Crippen LogP contribution < -0.4 is 26.0 Å². The zero-order valence-electron chi connectivity index (χ0n) is 21.5. The highest BCUT2D eigenvalue weighted by molar-refractivity contribution is 7.59. The van der Waals surface area contributed by atoms with Crippen molar-refractivity contribution in [2.24, 2.45) is 5.73 Å². The molecular weight excluding hydrogens is 504 g/mol. The van der Waals surface area contributed by atoms with Gasteiger partial charge in [0.2, 0.25) is 5.95 Å². The molecule has 1 unspecified atom stereocenters. The molecule has 5 N–H and O–H groups in total.